The molecule has 1 atom stereocenters. The van der Waals surface area contributed by atoms with E-state index in [1.165, 1.54) is 5.69 Å². The Bertz CT molecular complexity index is 385. The molecule has 1 aromatic heterocycles. The Kier molecular flexibility index (Phi) is 8.66. The third-order valence-electron chi connectivity index (χ3n) is 3.34. The van der Waals surface area contributed by atoms with Crippen molar-refractivity contribution in [2.75, 3.05) is 18.1 Å². The second-order valence-corrected chi connectivity index (χ2v) is 6.59. The first kappa shape index (κ1) is 17.9. The Morgan fingerprint density at radius 3 is 2.60 bits per heavy atom. The number of aromatic nitrogens is 2. The molecule has 0 aliphatic heterocycles. The van der Waals surface area contributed by atoms with Crippen LogP contribution < -0.4 is 5.32 Å². The summed E-state index contributed by atoms with van der Waals surface area (Å²) in [5.41, 5.74) is 2.22. The second-order valence-electron chi connectivity index (χ2n) is 4.89. The van der Waals surface area contributed by atoms with E-state index in [0.717, 1.165) is 54.6 Å². The van der Waals surface area contributed by atoms with Crippen LogP contribution in [-0.4, -0.2) is 33.9 Å². The number of nitrogens with zero attached hydrogens (tertiary/aromatic N) is 2. The molecule has 0 aliphatic rings. The smallest absolute Gasteiger partial charge is 0.0850 e. The average molecular weight is 318 g/mol. The highest BCUT2D eigenvalue weighted by Crippen LogP contribution is 2.23. The second kappa shape index (κ2) is 9.69. The van der Waals surface area contributed by atoms with Crippen LogP contribution in [0.25, 0.3) is 0 Å². The van der Waals surface area contributed by atoms with Crippen LogP contribution in [0.5, 0.6) is 0 Å². The molecule has 0 aliphatic carbocycles. The maximum Gasteiger partial charge on any atom is 0.0850 e. The monoisotopic (exact) mass is 317 g/mol. The Labute approximate surface area is 132 Å². The van der Waals surface area contributed by atoms with Gasteiger partial charge in [-0.1, -0.05) is 32.4 Å². The van der Waals surface area contributed by atoms with Crippen LogP contribution in [0.3, 0.4) is 0 Å². The molecule has 1 unspecified atom stereocenters. The minimum atomic E-state index is 0.476. The van der Waals surface area contributed by atoms with Crippen molar-refractivity contribution in [3.8, 4) is 0 Å². The molecule has 116 valence electrons. The van der Waals surface area contributed by atoms with Crippen molar-refractivity contribution in [3.63, 3.8) is 0 Å². The van der Waals surface area contributed by atoms with Crippen molar-refractivity contribution in [3.05, 3.63) is 16.4 Å². The Morgan fingerprint density at radius 2 is 2.05 bits per heavy atom. The van der Waals surface area contributed by atoms with E-state index in [9.17, 15) is 0 Å². The molecule has 5 heteroatoms. The lowest BCUT2D eigenvalue weighted by atomic mass is 10.1. The number of rotatable bonds is 10. The van der Waals surface area contributed by atoms with Crippen LogP contribution in [0.4, 0.5) is 0 Å². The van der Waals surface area contributed by atoms with E-state index in [0.29, 0.717) is 6.04 Å². The van der Waals surface area contributed by atoms with Crippen molar-refractivity contribution in [1.29, 1.82) is 0 Å². The fourth-order valence-corrected chi connectivity index (χ4v) is 3.35. The summed E-state index contributed by atoms with van der Waals surface area (Å²) in [6.45, 7) is 10.6. The number of thioether (sulfide) groups is 1. The zero-order valence-electron chi connectivity index (χ0n) is 13.2. The summed E-state index contributed by atoms with van der Waals surface area (Å²) in [6, 6.07) is 0.476. The van der Waals surface area contributed by atoms with Gasteiger partial charge in [-0.15, -0.1) is 0 Å². The number of nitrogens with one attached hydrogen (secondary N) is 1. The Balaban J connectivity index is 2.82. The predicted molar refractivity (Wildman–Crippen MR) is 91.1 cm³/mol. The van der Waals surface area contributed by atoms with E-state index in [2.05, 4.69) is 42.8 Å². The van der Waals surface area contributed by atoms with E-state index < -0.39 is 0 Å². The molecule has 0 saturated carbocycles. The summed E-state index contributed by atoms with van der Waals surface area (Å²) in [5.74, 6) is 2.29. The molecule has 1 rings (SSSR count). The van der Waals surface area contributed by atoms with Crippen molar-refractivity contribution < 1.29 is 0 Å². The lowest BCUT2D eigenvalue weighted by Crippen LogP contribution is -2.35. The molecule has 1 heterocycles. The topological polar surface area (TPSA) is 29.9 Å². The summed E-state index contributed by atoms with van der Waals surface area (Å²) in [6.07, 6.45) is 3.02. The van der Waals surface area contributed by atoms with Crippen molar-refractivity contribution in [2.45, 2.75) is 59.5 Å². The van der Waals surface area contributed by atoms with Gasteiger partial charge in [0, 0.05) is 24.8 Å². The summed E-state index contributed by atoms with van der Waals surface area (Å²) in [5, 5.41) is 9.12. The van der Waals surface area contributed by atoms with E-state index in [-0.39, 0.29) is 0 Å². The summed E-state index contributed by atoms with van der Waals surface area (Å²) in [7, 11) is 0. The SMILES string of the molecule is CCCNC(CSCC)Cc1c(Cl)c(CC)nn1CC. The molecule has 0 amide bonds. The van der Waals surface area contributed by atoms with Gasteiger partial charge in [0.25, 0.3) is 0 Å². The van der Waals surface area contributed by atoms with Crippen LogP contribution in [0.1, 0.15) is 45.5 Å². The highest BCUT2D eigenvalue weighted by Gasteiger charge is 2.18. The van der Waals surface area contributed by atoms with Crippen LogP contribution in [0, 0.1) is 0 Å². The van der Waals surface area contributed by atoms with Gasteiger partial charge in [0.15, 0.2) is 0 Å². The average Bonchev–Trinajstić information content (AvgIpc) is 2.77. The first-order valence-corrected chi connectivity index (χ1v) is 9.26. The first-order valence-electron chi connectivity index (χ1n) is 7.72. The molecule has 1 aromatic rings. The van der Waals surface area contributed by atoms with E-state index >= 15 is 0 Å². The molecule has 3 nitrogen and oxygen atoms in total. The van der Waals surface area contributed by atoms with Crippen LogP contribution >= 0.6 is 23.4 Å². The lowest BCUT2D eigenvalue weighted by molar-refractivity contribution is 0.519. The zero-order chi connectivity index (χ0) is 15.0. The number of halogens is 1. The third-order valence-corrected chi connectivity index (χ3v) is 4.82. The molecule has 20 heavy (non-hydrogen) atoms. The van der Waals surface area contributed by atoms with Crippen LogP contribution in [0.15, 0.2) is 0 Å². The summed E-state index contributed by atoms with van der Waals surface area (Å²) < 4.78 is 2.07. The molecular weight excluding hydrogens is 290 g/mol. The van der Waals surface area contributed by atoms with Gasteiger partial charge in [-0.2, -0.15) is 16.9 Å². The number of hydrogen-bond acceptors (Lipinski definition) is 3. The molecule has 0 radical (unpaired) electrons. The molecule has 0 saturated heterocycles. The molecule has 0 bridgehead atoms. The zero-order valence-corrected chi connectivity index (χ0v) is 14.8. The largest absolute Gasteiger partial charge is 0.313 e. The van der Waals surface area contributed by atoms with Gasteiger partial charge in [-0.05, 0) is 32.1 Å². The van der Waals surface area contributed by atoms with E-state index in [4.69, 9.17) is 11.6 Å². The van der Waals surface area contributed by atoms with Crippen LogP contribution in [-0.2, 0) is 19.4 Å². The fourth-order valence-electron chi connectivity index (χ4n) is 2.24. The van der Waals surface area contributed by atoms with E-state index in [1.54, 1.807) is 0 Å². The van der Waals surface area contributed by atoms with Gasteiger partial charge in [-0.3, -0.25) is 4.68 Å². The van der Waals surface area contributed by atoms with Crippen molar-refractivity contribution in [1.82, 2.24) is 15.1 Å². The highest BCUT2D eigenvalue weighted by molar-refractivity contribution is 7.99. The maximum atomic E-state index is 6.50. The minimum absolute atomic E-state index is 0.476. The molecule has 1 N–H and O–H groups in total. The normalized spacial score (nSPS) is 12.8. The van der Waals surface area contributed by atoms with Crippen molar-refractivity contribution in [2.24, 2.45) is 0 Å². The summed E-state index contributed by atoms with van der Waals surface area (Å²) in [4.78, 5) is 0. The fraction of sp³-hybridized carbons (Fsp3) is 0.800. The van der Waals surface area contributed by atoms with Gasteiger partial charge < -0.3 is 5.32 Å². The van der Waals surface area contributed by atoms with Gasteiger partial charge in [0.1, 0.15) is 0 Å². The quantitative estimate of drug-likeness (QED) is 0.712. The molecule has 0 aromatic carbocycles. The maximum absolute atomic E-state index is 6.50. The summed E-state index contributed by atoms with van der Waals surface area (Å²) >= 11 is 8.49. The predicted octanol–water partition coefficient (Wildman–Crippen LogP) is 3.78. The number of aryl methyl sites for hydroxylation is 2. The standard InChI is InChI=1S/C15H28ClN3S/c1-5-9-17-12(11-20-8-4)10-14-15(16)13(6-2)18-19(14)7-3/h12,17H,5-11H2,1-4H3. The third kappa shape index (κ3) is 4.97. The lowest BCUT2D eigenvalue weighted by Gasteiger charge is -2.18. The Hall–Kier alpha value is -0.190. The van der Waals surface area contributed by atoms with Gasteiger partial charge in [0.2, 0.25) is 0 Å². The minimum Gasteiger partial charge on any atom is -0.313 e. The van der Waals surface area contributed by atoms with Gasteiger partial charge >= 0.3 is 0 Å². The highest BCUT2D eigenvalue weighted by atomic mass is 35.5. The Morgan fingerprint density at radius 1 is 1.30 bits per heavy atom. The van der Waals surface area contributed by atoms with Crippen LogP contribution in [0.2, 0.25) is 5.02 Å². The van der Waals surface area contributed by atoms with E-state index in [1.807, 2.05) is 11.8 Å². The molecule has 0 fully saturated rings. The molecular formula is C15H28ClN3S. The number of hydrogen-bond donors (Lipinski definition) is 1. The first-order chi connectivity index (χ1) is 9.67. The molecule has 0 spiro atoms. The van der Waals surface area contributed by atoms with Crippen molar-refractivity contribution >= 4 is 23.4 Å². The van der Waals surface area contributed by atoms with Gasteiger partial charge in [-0.25, -0.2) is 0 Å². The van der Waals surface area contributed by atoms with Gasteiger partial charge in [0.05, 0.1) is 16.4 Å².